The highest BCUT2D eigenvalue weighted by molar-refractivity contribution is 5.37. The lowest BCUT2D eigenvalue weighted by Crippen LogP contribution is -2.33. The third-order valence-electron chi connectivity index (χ3n) is 3.62. The largest absolute Gasteiger partial charge is 0.493 e. The van der Waals surface area contributed by atoms with Gasteiger partial charge in [0.25, 0.3) is 0 Å². The quantitative estimate of drug-likeness (QED) is 0.777. The van der Waals surface area contributed by atoms with Gasteiger partial charge in [-0.1, -0.05) is 18.2 Å². The van der Waals surface area contributed by atoms with Gasteiger partial charge >= 0.3 is 0 Å². The average molecular weight is 218 g/mol. The molecule has 3 heteroatoms. The van der Waals surface area contributed by atoms with E-state index in [0.29, 0.717) is 12.1 Å². The summed E-state index contributed by atoms with van der Waals surface area (Å²) in [5, 5.41) is 0. The molecule has 1 aromatic rings. The van der Waals surface area contributed by atoms with Crippen LogP contribution < -0.4 is 10.5 Å². The SMILES string of the molecule is NC1CCN(C2CCOc3ccccc32)C1. The summed E-state index contributed by atoms with van der Waals surface area (Å²) in [6.45, 7) is 2.98. The predicted octanol–water partition coefficient (Wildman–Crippen LogP) is 1.54. The van der Waals surface area contributed by atoms with Crippen molar-refractivity contribution < 1.29 is 4.74 Å². The normalized spacial score (nSPS) is 29.8. The third-order valence-corrected chi connectivity index (χ3v) is 3.62. The Balaban J connectivity index is 1.87. The van der Waals surface area contributed by atoms with Crippen LogP contribution in [0.3, 0.4) is 0 Å². The lowest BCUT2D eigenvalue weighted by molar-refractivity contribution is 0.164. The second kappa shape index (κ2) is 4.07. The van der Waals surface area contributed by atoms with Crippen molar-refractivity contribution in [2.75, 3.05) is 19.7 Å². The maximum absolute atomic E-state index is 5.98. The third kappa shape index (κ3) is 1.70. The Labute approximate surface area is 96.2 Å². The first kappa shape index (κ1) is 10.1. The summed E-state index contributed by atoms with van der Waals surface area (Å²) in [5.74, 6) is 1.05. The summed E-state index contributed by atoms with van der Waals surface area (Å²) in [4.78, 5) is 2.51. The Morgan fingerprint density at radius 3 is 2.94 bits per heavy atom. The highest BCUT2D eigenvalue weighted by atomic mass is 16.5. The van der Waals surface area contributed by atoms with Crippen LogP contribution in [-0.2, 0) is 0 Å². The molecule has 1 aromatic carbocycles. The van der Waals surface area contributed by atoms with Gasteiger partial charge in [-0.2, -0.15) is 0 Å². The molecule has 2 atom stereocenters. The van der Waals surface area contributed by atoms with Gasteiger partial charge in [-0.25, -0.2) is 0 Å². The number of ether oxygens (including phenoxy) is 1. The minimum absolute atomic E-state index is 0.356. The van der Waals surface area contributed by atoms with E-state index in [1.54, 1.807) is 0 Å². The second-order valence-electron chi connectivity index (χ2n) is 4.73. The highest BCUT2D eigenvalue weighted by Gasteiger charge is 2.30. The van der Waals surface area contributed by atoms with Crippen LogP contribution in [-0.4, -0.2) is 30.6 Å². The molecule has 2 aliphatic heterocycles. The van der Waals surface area contributed by atoms with Gasteiger partial charge in [-0.15, -0.1) is 0 Å². The topological polar surface area (TPSA) is 38.5 Å². The fraction of sp³-hybridized carbons (Fsp3) is 0.538. The Bertz CT molecular complexity index is 380. The minimum Gasteiger partial charge on any atom is -0.493 e. The number of nitrogens with two attached hydrogens (primary N) is 1. The van der Waals surface area contributed by atoms with Crippen LogP contribution in [0.4, 0.5) is 0 Å². The molecule has 1 saturated heterocycles. The number of hydrogen-bond donors (Lipinski definition) is 1. The number of para-hydroxylation sites is 1. The molecule has 2 aliphatic rings. The first-order chi connectivity index (χ1) is 7.84. The van der Waals surface area contributed by atoms with Crippen LogP contribution in [0.1, 0.15) is 24.4 Å². The molecular weight excluding hydrogens is 200 g/mol. The molecule has 3 rings (SSSR count). The minimum atomic E-state index is 0.356. The van der Waals surface area contributed by atoms with Crippen LogP contribution in [0.5, 0.6) is 5.75 Å². The number of benzene rings is 1. The summed E-state index contributed by atoms with van der Waals surface area (Å²) >= 11 is 0. The van der Waals surface area contributed by atoms with Crippen LogP contribution in [0.25, 0.3) is 0 Å². The van der Waals surface area contributed by atoms with Crippen LogP contribution >= 0.6 is 0 Å². The fourth-order valence-electron chi connectivity index (χ4n) is 2.80. The van der Waals surface area contributed by atoms with Gasteiger partial charge in [0.2, 0.25) is 0 Å². The van der Waals surface area contributed by atoms with E-state index in [1.165, 1.54) is 5.56 Å². The smallest absolute Gasteiger partial charge is 0.124 e. The monoisotopic (exact) mass is 218 g/mol. The molecule has 2 unspecified atom stereocenters. The molecule has 86 valence electrons. The summed E-state index contributed by atoms with van der Waals surface area (Å²) in [5.41, 5.74) is 7.31. The van der Waals surface area contributed by atoms with Gasteiger partial charge in [-0.3, -0.25) is 4.90 Å². The van der Waals surface area contributed by atoms with Crippen molar-refractivity contribution >= 4 is 0 Å². The average Bonchev–Trinajstić information content (AvgIpc) is 2.75. The number of nitrogens with zero attached hydrogens (tertiary/aromatic N) is 1. The van der Waals surface area contributed by atoms with Crippen molar-refractivity contribution in [1.29, 1.82) is 0 Å². The molecule has 0 amide bonds. The van der Waals surface area contributed by atoms with E-state index in [0.717, 1.165) is 38.3 Å². The molecule has 16 heavy (non-hydrogen) atoms. The molecule has 0 aromatic heterocycles. The Morgan fingerprint density at radius 2 is 2.12 bits per heavy atom. The molecule has 0 saturated carbocycles. The number of hydrogen-bond acceptors (Lipinski definition) is 3. The van der Waals surface area contributed by atoms with Crippen LogP contribution in [0, 0.1) is 0 Å². The molecule has 0 spiro atoms. The molecule has 0 aliphatic carbocycles. The van der Waals surface area contributed by atoms with Crippen LogP contribution in [0.2, 0.25) is 0 Å². The van der Waals surface area contributed by atoms with E-state index < -0.39 is 0 Å². The number of fused-ring (bicyclic) bond motifs is 1. The van der Waals surface area contributed by atoms with Crippen molar-refractivity contribution in [2.45, 2.75) is 24.9 Å². The molecule has 2 N–H and O–H groups in total. The zero-order valence-corrected chi connectivity index (χ0v) is 9.43. The standard InChI is InChI=1S/C13H18N2O/c14-10-5-7-15(9-10)12-6-8-16-13-4-2-1-3-11(12)13/h1-4,10,12H,5-9,14H2. The van der Waals surface area contributed by atoms with E-state index in [4.69, 9.17) is 10.5 Å². The van der Waals surface area contributed by atoms with Crippen molar-refractivity contribution in [3.05, 3.63) is 29.8 Å². The molecule has 0 radical (unpaired) electrons. The molecule has 3 nitrogen and oxygen atoms in total. The first-order valence-corrected chi connectivity index (χ1v) is 6.06. The van der Waals surface area contributed by atoms with Gasteiger partial charge in [-0.05, 0) is 12.5 Å². The first-order valence-electron chi connectivity index (χ1n) is 6.06. The highest BCUT2D eigenvalue weighted by Crippen LogP contribution is 2.36. The van der Waals surface area contributed by atoms with Gasteiger partial charge in [0.15, 0.2) is 0 Å². The Morgan fingerprint density at radius 1 is 1.25 bits per heavy atom. The van der Waals surface area contributed by atoms with Crippen molar-refractivity contribution in [2.24, 2.45) is 5.73 Å². The summed E-state index contributed by atoms with van der Waals surface area (Å²) < 4.78 is 5.68. The van der Waals surface area contributed by atoms with Crippen molar-refractivity contribution in [3.8, 4) is 5.75 Å². The predicted molar refractivity (Wildman–Crippen MR) is 63.5 cm³/mol. The lowest BCUT2D eigenvalue weighted by atomic mass is 9.99. The number of rotatable bonds is 1. The molecule has 1 fully saturated rings. The van der Waals surface area contributed by atoms with E-state index in [1.807, 2.05) is 6.07 Å². The van der Waals surface area contributed by atoms with E-state index in [-0.39, 0.29) is 0 Å². The molecule has 0 bridgehead atoms. The van der Waals surface area contributed by atoms with Crippen molar-refractivity contribution in [1.82, 2.24) is 4.90 Å². The van der Waals surface area contributed by atoms with E-state index >= 15 is 0 Å². The van der Waals surface area contributed by atoms with Gasteiger partial charge < -0.3 is 10.5 Å². The fourth-order valence-corrected chi connectivity index (χ4v) is 2.80. The summed E-state index contributed by atoms with van der Waals surface area (Å²) in [6, 6.07) is 9.25. The van der Waals surface area contributed by atoms with E-state index in [2.05, 4.69) is 23.1 Å². The summed E-state index contributed by atoms with van der Waals surface area (Å²) in [7, 11) is 0. The van der Waals surface area contributed by atoms with E-state index in [9.17, 15) is 0 Å². The number of likely N-dealkylation sites (tertiary alicyclic amines) is 1. The zero-order chi connectivity index (χ0) is 11.0. The Hall–Kier alpha value is -1.06. The van der Waals surface area contributed by atoms with Gasteiger partial charge in [0.1, 0.15) is 5.75 Å². The van der Waals surface area contributed by atoms with Crippen molar-refractivity contribution in [3.63, 3.8) is 0 Å². The lowest BCUT2D eigenvalue weighted by Gasteiger charge is -2.32. The summed E-state index contributed by atoms with van der Waals surface area (Å²) in [6.07, 6.45) is 2.21. The zero-order valence-electron chi connectivity index (χ0n) is 9.43. The molecule has 2 heterocycles. The second-order valence-corrected chi connectivity index (χ2v) is 4.73. The van der Waals surface area contributed by atoms with Crippen LogP contribution in [0.15, 0.2) is 24.3 Å². The Kier molecular flexibility index (Phi) is 2.58. The molecular formula is C13H18N2O. The maximum Gasteiger partial charge on any atom is 0.124 e. The van der Waals surface area contributed by atoms with Gasteiger partial charge in [0.05, 0.1) is 6.61 Å². The van der Waals surface area contributed by atoms with Gasteiger partial charge in [0, 0.05) is 37.2 Å². The maximum atomic E-state index is 5.98.